The van der Waals surface area contributed by atoms with Gasteiger partial charge in [0, 0.05) is 48.9 Å². The molecule has 3 N–H and O–H groups in total. The largest absolute Gasteiger partial charge is 0.396 e. The number of anilines is 2. The lowest BCUT2D eigenvalue weighted by atomic mass is 9.66. The summed E-state index contributed by atoms with van der Waals surface area (Å²) in [5.74, 6) is -1.19. The van der Waals surface area contributed by atoms with E-state index in [4.69, 9.17) is 5.11 Å². The lowest BCUT2D eigenvalue weighted by Crippen LogP contribution is -2.52. The van der Waals surface area contributed by atoms with E-state index in [0.717, 1.165) is 63.7 Å². The summed E-state index contributed by atoms with van der Waals surface area (Å²) in [7, 11) is 0. The van der Waals surface area contributed by atoms with E-state index < -0.39 is 22.6 Å². The molecule has 1 aromatic carbocycles. The normalized spacial score (nSPS) is 29.0. The van der Waals surface area contributed by atoms with Crippen molar-refractivity contribution in [2.75, 3.05) is 43.0 Å². The second kappa shape index (κ2) is 12.5. The average molecular weight is 559 g/mol. The summed E-state index contributed by atoms with van der Waals surface area (Å²) in [5, 5.41) is 15.3. The molecule has 0 saturated carbocycles. The monoisotopic (exact) mass is 558 g/mol. The van der Waals surface area contributed by atoms with Gasteiger partial charge in [-0.15, -0.1) is 11.8 Å². The fourth-order valence-corrected chi connectivity index (χ4v) is 9.38. The Morgan fingerprint density at radius 1 is 1.05 bits per heavy atom. The van der Waals surface area contributed by atoms with Crippen LogP contribution in [0.15, 0.2) is 24.3 Å². The summed E-state index contributed by atoms with van der Waals surface area (Å²) in [6.07, 6.45) is 5.68. The van der Waals surface area contributed by atoms with Crippen LogP contribution in [0.25, 0.3) is 0 Å². The van der Waals surface area contributed by atoms with E-state index in [-0.39, 0.29) is 29.1 Å². The molecule has 3 heterocycles. The number of benzene rings is 1. The molecule has 2 bridgehead atoms. The molecule has 0 aromatic heterocycles. The maximum absolute atomic E-state index is 14.1. The molecule has 1 spiro atoms. The summed E-state index contributed by atoms with van der Waals surface area (Å²) < 4.78 is -0.953. The number of carbonyl (C=O) groups is 3. The minimum absolute atomic E-state index is 0.0530. The Morgan fingerprint density at radius 3 is 2.38 bits per heavy atom. The Hall–Kier alpha value is -2.26. The Bertz CT molecular complexity index is 1030. The molecule has 9 heteroatoms. The predicted octanol–water partition coefficient (Wildman–Crippen LogP) is 4.03. The van der Waals surface area contributed by atoms with E-state index >= 15 is 0 Å². The number of likely N-dealkylation sites (tertiary alicyclic amines) is 1. The number of aliphatic hydroxyl groups excluding tert-OH is 1. The van der Waals surface area contributed by atoms with Gasteiger partial charge in [0.25, 0.3) is 0 Å². The summed E-state index contributed by atoms with van der Waals surface area (Å²) in [4.78, 5) is 45.6. The van der Waals surface area contributed by atoms with Crippen LogP contribution < -0.4 is 15.5 Å². The zero-order chi connectivity index (χ0) is 28.2. The molecule has 216 valence electrons. The number of carbonyl (C=O) groups excluding carboxylic acids is 3. The van der Waals surface area contributed by atoms with Gasteiger partial charge >= 0.3 is 0 Å². The molecule has 3 aliphatic rings. The van der Waals surface area contributed by atoms with Crippen LogP contribution >= 0.6 is 11.8 Å². The van der Waals surface area contributed by atoms with Gasteiger partial charge in [0.05, 0.1) is 16.6 Å². The quantitative estimate of drug-likeness (QED) is 0.298. The molecular formula is C30H46N4O4S. The van der Waals surface area contributed by atoms with Gasteiger partial charge in [-0.25, -0.2) is 0 Å². The van der Waals surface area contributed by atoms with E-state index in [0.29, 0.717) is 18.8 Å². The first-order chi connectivity index (χ1) is 18.8. The Morgan fingerprint density at radius 2 is 1.74 bits per heavy atom. The molecule has 2 unspecified atom stereocenters. The van der Waals surface area contributed by atoms with Crippen molar-refractivity contribution in [3.05, 3.63) is 24.3 Å². The molecular weight excluding hydrogens is 512 g/mol. The Balaban J connectivity index is 1.60. The third kappa shape index (κ3) is 5.53. The molecule has 4 rings (SSSR count). The van der Waals surface area contributed by atoms with Crippen molar-refractivity contribution in [2.45, 2.75) is 88.2 Å². The first-order valence-electron chi connectivity index (χ1n) is 14.8. The topological polar surface area (TPSA) is 102 Å². The fourth-order valence-electron chi connectivity index (χ4n) is 7.03. The highest BCUT2D eigenvalue weighted by molar-refractivity contribution is 8.02. The van der Waals surface area contributed by atoms with Crippen molar-refractivity contribution in [1.29, 1.82) is 0 Å². The number of amides is 3. The number of nitrogens with zero attached hydrogens (tertiary/aromatic N) is 2. The van der Waals surface area contributed by atoms with Gasteiger partial charge in [0.15, 0.2) is 0 Å². The molecule has 1 aromatic rings. The van der Waals surface area contributed by atoms with Gasteiger partial charge < -0.3 is 25.5 Å². The summed E-state index contributed by atoms with van der Waals surface area (Å²) in [6.45, 7) is 11.4. The summed E-state index contributed by atoms with van der Waals surface area (Å²) in [6, 6.07) is 7.28. The van der Waals surface area contributed by atoms with E-state index in [1.807, 2.05) is 31.2 Å². The second-order valence-electron chi connectivity index (χ2n) is 11.4. The van der Waals surface area contributed by atoms with Crippen molar-refractivity contribution in [3.8, 4) is 0 Å². The standard InChI is InChI=1S/C30H46N4O4S/c1-5-18-31-26(36)23-24-28(38)34(19-10-8-9-11-20-35)25(30(24)17-16-29(23,4)39-30)27(37)32-21-12-14-22(15-13-21)33(6-2)7-3/h12-15,23-25,35H,5-11,16-20H2,1-4H3,(H,31,36)(H,32,37)/t23-,24-,25?,29+,30?/m0/s1. The van der Waals surface area contributed by atoms with Crippen LogP contribution in [0, 0.1) is 11.8 Å². The Labute approximate surface area is 237 Å². The molecule has 8 nitrogen and oxygen atoms in total. The average Bonchev–Trinajstić information content (AvgIpc) is 3.49. The van der Waals surface area contributed by atoms with E-state index in [1.54, 1.807) is 16.7 Å². The van der Waals surface area contributed by atoms with Crippen molar-refractivity contribution in [3.63, 3.8) is 0 Å². The van der Waals surface area contributed by atoms with Crippen LogP contribution in [-0.2, 0) is 14.4 Å². The van der Waals surface area contributed by atoms with Crippen molar-refractivity contribution in [2.24, 2.45) is 11.8 Å². The lowest BCUT2D eigenvalue weighted by molar-refractivity contribution is -0.140. The van der Waals surface area contributed by atoms with E-state index in [2.05, 4.69) is 36.3 Å². The van der Waals surface area contributed by atoms with Crippen molar-refractivity contribution >= 4 is 40.9 Å². The first kappa shape index (κ1) is 29.7. The number of thioether (sulfide) groups is 1. The van der Waals surface area contributed by atoms with Crippen LogP contribution in [0.1, 0.15) is 72.6 Å². The summed E-state index contributed by atoms with van der Waals surface area (Å²) >= 11 is 1.71. The molecule has 39 heavy (non-hydrogen) atoms. The highest BCUT2D eigenvalue weighted by Gasteiger charge is 2.76. The fraction of sp³-hybridized carbons (Fsp3) is 0.700. The van der Waals surface area contributed by atoms with Gasteiger partial charge in [-0.05, 0) is 77.1 Å². The van der Waals surface area contributed by atoms with Gasteiger partial charge in [0.1, 0.15) is 6.04 Å². The molecule has 3 fully saturated rings. The molecule has 3 amide bonds. The van der Waals surface area contributed by atoms with Gasteiger partial charge in [-0.3, -0.25) is 14.4 Å². The van der Waals surface area contributed by atoms with Crippen LogP contribution in [0.3, 0.4) is 0 Å². The van der Waals surface area contributed by atoms with Gasteiger partial charge in [-0.1, -0.05) is 19.8 Å². The van der Waals surface area contributed by atoms with Crippen LogP contribution in [0.4, 0.5) is 11.4 Å². The number of unbranched alkanes of at least 4 members (excludes halogenated alkanes) is 3. The molecule has 3 saturated heterocycles. The zero-order valence-corrected chi connectivity index (χ0v) is 24.8. The number of aliphatic hydroxyl groups is 1. The number of rotatable bonds is 14. The molecule has 0 aliphatic carbocycles. The second-order valence-corrected chi connectivity index (χ2v) is 13.3. The SMILES string of the molecule is CCCNC(=O)[C@@H]1[C@H]2C(=O)N(CCCCCCO)C(C(=O)Nc3ccc(N(CC)CC)cc3)C23CC[C@@]1(C)S3. The van der Waals surface area contributed by atoms with Crippen LogP contribution in [-0.4, -0.2) is 76.0 Å². The number of hydrogen-bond acceptors (Lipinski definition) is 6. The van der Waals surface area contributed by atoms with E-state index in [9.17, 15) is 14.4 Å². The third-order valence-corrected chi connectivity index (χ3v) is 10.9. The molecule has 0 radical (unpaired) electrons. The van der Waals surface area contributed by atoms with E-state index in [1.165, 1.54) is 0 Å². The molecule has 3 aliphatic heterocycles. The lowest BCUT2D eigenvalue weighted by Gasteiger charge is -2.35. The number of fused-ring (bicyclic) bond motifs is 1. The summed E-state index contributed by atoms with van der Waals surface area (Å²) in [5.41, 5.74) is 1.82. The zero-order valence-electron chi connectivity index (χ0n) is 24.0. The minimum Gasteiger partial charge on any atom is -0.396 e. The highest BCUT2D eigenvalue weighted by atomic mass is 32.2. The van der Waals surface area contributed by atoms with Gasteiger partial charge in [-0.2, -0.15) is 0 Å². The minimum atomic E-state index is -0.619. The Kier molecular flexibility index (Phi) is 9.53. The maximum atomic E-state index is 14.1. The van der Waals surface area contributed by atoms with Crippen LogP contribution in [0.2, 0.25) is 0 Å². The van der Waals surface area contributed by atoms with Crippen LogP contribution in [0.5, 0.6) is 0 Å². The third-order valence-electron chi connectivity index (χ3n) is 8.93. The van der Waals surface area contributed by atoms with Crippen molar-refractivity contribution in [1.82, 2.24) is 10.2 Å². The molecule has 5 atom stereocenters. The maximum Gasteiger partial charge on any atom is 0.248 e. The van der Waals surface area contributed by atoms with Crippen molar-refractivity contribution < 1.29 is 19.5 Å². The number of nitrogens with one attached hydrogen (secondary N) is 2. The smallest absolute Gasteiger partial charge is 0.248 e. The highest BCUT2D eigenvalue weighted by Crippen LogP contribution is 2.71. The first-order valence-corrected chi connectivity index (χ1v) is 15.6. The van der Waals surface area contributed by atoms with Gasteiger partial charge in [0.2, 0.25) is 17.7 Å². The predicted molar refractivity (Wildman–Crippen MR) is 158 cm³/mol. The number of hydrogen-bond donors (Lipinski definition) is 3.